The average Bonchev–Trinajstić information content (AvgIpc) is 2.66. The van der Waals surface area contributed by atoms with Gasteiger partial charge in [0.1, 0.15) is 11.4 Å². The van der Waals surface area contributed by atoms with Crippen LogP contribution in [0.25, 0.3) is 0 Å². The SMILES string of the molecule is COc1ccc(NC(=O)CCN2CCN(C(=O)N(C)C)CC2)c([N+](=O)[O-])c1. The normalized spacial score (nSPS) is 14.6. The zero-order valence-corrected chi connectivity index (χ0v) is 15.8. The van der Waals surface area contributed by atoms with E-state index in [-0.39, 0.29) is 29.7 Å². The first kappa shape index (κ1) is 20.4. The zero-order valence-electron chi connectivity index (χ0n) is 15.8. The van der Waals surface area contributed by atoms with Gasteiger partial charge in [-0.15, -0.1) is 0 Å². The average molecular weight is 379 g/mol. The number of benzene rings is 1. The molecule has 1 heterocycles. The second-order valence-electron chi connectivity index (χ2n) is 6.44. The van der Waals surface area contributed by atoms with Crippen LogP contribution in [0.2, 0.25) is 0 Å². The van der Waals surface area contributed by atoms with Gasteiger partial charge in [0.25, 0.3) is 5.69 Å². The number of urea groups is 1. The molecule has 1 N–H and O–H groups in total. The molecule has 0 spiro atoms. The van der Waals surface area contributed by atoms with Crippen LogP contribution in [0.3, 0.4) is 0 Å². The third kappa shape index (κ3) is 5.55. The standard InChI is InChI=1S/C17H25N5O5/c1-19(2)17(24)21-10-8-20(9-11-21)7-6-16(23)18-14-5-4-13(27-3)12-15(14)22(25)26/h4-5,12H,6-11H2,1-3H3,(H,18,23). The van der Waals surface area contributed by atoms with Gasteiger partial charge in [0.05, 0.1) is 18.1 Å². The fraction of sp³-hybridized carbons (Fsp3) is 0.529. The maximum absolute atomic E-state index is 12.2. The first-order valence-electron chi connectivity index (χ1n) is 8.62. The van der Waals surface area contributed by atoms with Gasteiger partial charge in [-0.25, -0.2) is 4.79 Å². The zero-order chi connectivity index (χ0) is 20.0. The molecule has 1 aromatic rings. The number of anilines is 1. The summed E-state index contributed by atoms with van der Waals surface area (Å²) < 4.78 is 4.98. The third-order valence-corrected chi connectivity index (χ3v) is 4.36. The number of ether oxygens (including phenoxy) is 1. The largest absolute Gasteiger partial charge is 0.496 e. The van der Waals surface area contributed by atoms with Gasteiger partial charge in [-0.2, -0.15) is 0 Å². The van der Waals surface area contributed by atoms with E-state index in [0.717, 1.165) is 0 Å². The number of nitro benzene ring substituents is 1. The van der Waals surface area contributed by atoms with E-state index >= 15 is 0 Å². The first-order chi connectivity index (χ1) is 12.8. The van der Waals surface area contributed by atoms with Crippen molar-refractivity contribution >= 4 is 23.3 Å². The molecule has 10 heteroatoms. The second kappa shape index (κ2) is 9.17. The van der Waals surface area contributed by atoms with E-state index in [2.05, 4.69) is 10.2 Å². The lowest BCUT2D eigenvalue weighted by Gasteiger charge is -2.35. The summed E-state index contributed by atoms with van der Waals surface area (Å²) in [6, 6.07) is 4.28. The van der Waals surface area contributed by atoms with E-state index in [1.165, 1.54) is 19.2 Å². The number of rotatable bonds is 6. The number of methoxy groups -OCH3 is 1. The van der Waals surface area contributed by atoms with Crippen molar-refractivity contribution in [3.05, 3.63) is 28.3 Å². The molecule has 0 radical (unpaired) electrons. The van der Waals surface area contributed by atoms with E-state index in [0.29, 0.717) is 38.5 Å². The van der Waals surface area contributed by atoms with Crippen molar-refractivity contribution in [2.24, 2.45) is 0 Å². The predicted molar refractivity (Wildman–Crippen MR) is 100.0 cm³/mol. The van der Waals surface area contributed by atoms with Crippen molar-refractivity contribution in [1.82, 2.24) is 14.7 Å². The molecule has 0 bridgehead atoms. The van der Waals surface area contributed by atoms with Crippen molar-refractivity contribution in [2.75, 3.05) is 59.2 Å². The van der Waals surface area contributed by atoms with Crippen LogP contribution in [-0.2, 0) is 4.79 Å². The molecule has 0 atom stereocenters. The second-order valence-corrected chi connectivity index (χ2v) is 6.44. The molecule has 1 aromatic carbocycles. The van der Waals surface area contributed by atoms with Crippen LogP contribution < -0.4 is 10.1 Å². The fourth-order valence-corrected chi connectivity index (χ4v) is 2.81. The molecule has 148 valence electrons. The summed E-state index contributed by atoms with van der Waals surface area (Å²) >= 11 is 0. The summed E-state index contributed by atoms with van der Waals surface area (Å²) in [4.78, 5) is 40.1. The molecular weight excluding hydrogens is 354 g/mol. The lowest BCUT2D eigenvalue weighted by Crippen LogP contribution is -2.51. The van der Waals surface area contributed by atoms with Crippen LogP contribution in [0.1, 0.15) is 6.42 Å². The number of nitro groups is 1. The Labute approximate surface area is 157 Å². The van der Waals surface area contributed by atoms with Gasteiger partial charge in [0.2, 0.25) is 5.91 Å². The molecule has 1 saturated heterocycles. The number of hydrogen-bond acceptors (Lipinski definition) is 6. The van der Waals surface area contributed by atoms with Crippen LogP contribution >= 0.6 is 0 Å². The van der Waals surface area contributed by atoms with Gasteiger partial charge >= 0.3 is 6.03 Å². The quantitative estimate of drug-likeness (QED) is 0.588. The third-order valence-electron chi connectivity index (χ3n) is 4.36. The lowest BCUT2D eigenvalue weighted by atomic mass is 10.2. The molecule has 1 aliphatic heterocycles. The summed E-state index contributed by atoms with van der Waals surface area (Å²) in [6.07, 6.45) is 0.213. The predicted octanol–water partition coefficient (Wildman–Crippen LogP) is 1.23. The van der Waals surface area contributed by atoms with Gasteiger partial charge in [-0.3, -0.25) is 19.8 Å². The Morgan fingerprint density at radius 2 is 1.93 bits per heavy atom. The Kier molecular flexibility index (Phi) is 6.94. The topological polar surface area (TPSA) is 108 Å². The van der Waals surface area contributed by atoms with Crippen LogP contribution in [0.4, 0.5) is 16.2 Å². The highest BCUT2D eigenvalue weighted by Crippen LogP contribution is 2.29. The Morgan fingerprint density at radius 1 is 1.26 bits per heavy atom. The highest BCUT2D eigenvalue weighted by molar-refractivity contribution is 5.93. The van der Waals surface area contributed by atoms with E-state index in [1.54, 1.807) is 30.0 Å². The summed E-state index contributed by atoms with van der Waals surface area (Å²) in [5.74, 6) is 0.0555. The molecule has 1 fully saturated rings. The van der Waals surface area contributed by atoms with E-state index in [1.807, 2.05) is 0 Å². The van der Waals surface area contributed by atoms with Crippen molar-refractivity contribution in [1.29, 1.82) is 0 Å². The highest BCUT2D eigenvalue weighted by atomic mass is 16.6. The van der Waals surface area contributed by atoms with Crippen LogP contribution in [0.15, 0.2) is 18.2 Å². The summed E-state index contributed by atoms with van der Waals surface area (Å²) in [7, 11) is 4.86. The van der Waals surface area contributed by atoms with Crippen LogP contribution in [-0.4, -0.2) is 85.5 Å². The number of nitrogens with one attached hydrogen (secondary N) is 1. The van der Waals surface area contributed by atoms with E-state index < -0.39 is 4.92 Å². The Bertz CT molecular complexity index is 701. The number of carbonyl (C=O) groups is 2. The molecule has 27 heavy (non-hydrogen) atoms. The maximum atomic E-state index is 12.2. The molecular formula is C17H25N5O5. The molecule has 0 unspecified atom stereocenters. The first-order valence-corrected chi connectivity index (χ1v) is 8.62. The van der Waals surface area contributed by atoms with Crippen LogP contribution in [0, 0.1) is 10.1 Å². The van der Waals surface area contributed by atoms with E-state index in [4.69, 9.17) is 4.74 Å². The smallest absolute Gasteiger partial charge is 0.319 e. The Morgan fingerprint density at radius 3 is 2.48 bits per heavy atom. The number of nitrogens with zero attached hydrogens (tertiary/aromatic N) is 4. The summed E-state index contributed by atoms with van der Waals surface area (Å²) in [5.41, 5.74) is -0.0642. The minimum absolute atomic E-state index is 0.0146. The highest BCUT2D eigenvalue weighted by Gasteiger charge is 2.23. The van der Waals surface area contributed by atoms with Gasteiger partial charge in [-0.1, -0.05) is 0 Å². The summed E-state index contributed by atoms with van der Waals surface area (Å²) in [6.45, 7) is 3.13. The number of piperazine rings is 1. The van der Waals surface area contributed by atoms with E-state index in [9.17, 15) is 19.7 Å². The van der Waals surface area contributed by atoms with Gasteiger partial charge < -0.3 is 19.9 Å². The monoisotopic (exact) mass is 379 g/mol. The maximum Gasteiger partial charge on any atom is 0.319 e. The number of hydrogen-bond donors (Lipinski definition) is 1. The van der Waals surface area contributed by atoms with Crippen molar-refractivity contribution in [3.63, 3.8) is 0 Å². The van der Waals surface area contributed by atoms with Gasteiger partial charge in [0, 0.05) is 53.2 Å². The minimum Gasteiger partial charge on any atom is -0.496 e. The molecule has 1 aliphatic rings. The fourth-order valence-electron chi connectivity index (χ4n) is 2.81. The molecule has 3 amide bonds. The van der Waals surface area contributed by atoms with Crippen molar-refractivity contribution in [2.45, 2.75) is 6.42 Å². The Hall–Kier alpha value is -2.88. The Balaban J connectivity index is 1.84. The molecule has 0 aliphatic carbocycles. The lowest BCUT2D eigenvalue weighted by molar-refractivity contribution is -0.384. The van der Waals surface area contributed by atoms with Crippen molar-refractivity contribution < 1.29 is 19.2 Å². The summed E-state index contributed by atoms with van der Waals surface area (Å²) in [5, 5.41) is 13.8. The number of amides is 3. The van der Waals surface area contributed by atoms with Crippen LogP contribution in [0.5, 0.6) is 5.75 Å². The van der Waals surface area contributed by atoms with Gasteiger partial charge in [0.15, 0.2) is 0 Å². The molecule has 10 nitrogen and oxygen atoms in total. The molecule has 0 saturated carbocycles. The minimum atomic E-state index is -0.556. The van der Waals surface area contributed by atoms with Gasteiger partial charge in [-0.05, 0) is 12.1 Å². The van der Waals surface area contributed by atoms with Crippen molar-refractivity contribution in [3.8, 4) is 5.75 Å². The molecule has 2 rings (SSSR count). The molecule has 0 aromatic heterocycles. The number of carbonyl (C=O) groups excluding carboxylic acids is 2.